The first-order chi connectivity index (χ1) is 14.3. The molecule has 3 rings (SSSR count). The van der Waals surface area contributed by atoms with Crippen LogP contribution in [0.3, 0.4) is 0 Å². The van der Waals surface area contributed by atoms with Crippen LogP contribution in [0.2, 0.25) is 0 Å². The zero-order valence-electron chi connectivity index (χ0n) is 16.8. The molecule has 30 heavy (non-hydrogen) atoms. The largest absolute Gasteiger partial charge is 0.492 e. The SMILES string of the molecule is CCOc1ccccc1NC1=C(Cl)C(=O)N(c2cccc(C(=O)OC(C)C)c2)C1=O. The van der Waals surface area contributed by atoms with E-state index in [9.17, 15) is 14.4 Å². The third-order valence-electron chi connectivity index (χ3n) is 4.16. The van der Waals surface area contributed by atoms with Crippen molar-refractivity contribution in [3.8, 4) is 5.75 Å². The Balaban J connectivity index is 1.89. The summed E-state index contributed by atoms with van der Waals surface area (Å²) in [6.07, 6.45) is -0.298. The van der Waals surface area contributed by atoms with Gasteiger partial charge in [0.15, 0.2) is 0 Å². The second-order valence-electron chi connectivity index (χ2n) is 6.69. The van der Waals surface area contributed by atoms with Gasteiger partial charge in [0.05, 0.1) is 29.6 Å². The number of ether oxygens (including phenoxy) is 2. The van der Waals surface area contributed by atoms with Crippen molar-refractivity contribution in [2.45, 2.75) is 26.9 Å². The van der Waals surface area contributed by atoms with Crippen LogP contribution in [0.15, 0.2) is 59.3 Å². The molecule has 0 aliphatic carbocycles. The Morgan fingerprint density at radius 2 is 1.83 bits per heavy atom. The summed E-state index contributed by atoms with van der Waals surface area (Å²) < 4.78 is 10.7. The van der Waals surface area contributed by atoms with Gasteiger partial charge in [-0.2, -0.15) is 0 Å². The summed E-state index contributed by atoms with van der Waals surface area (Å²) in [6, 6.07) is 13.1. The molecule has 1 aliphatic heterocycles. The summed E-state index contributed by atoms with van der Waals surface area (Å²) >= 11 is 6.19. The van der Waals surface area contributed by atoms with Gasteiger partial charge >= 0.3 is 5.97 Å². The van der Waals surface area contributed by atoms with E-state index in [2.05, 4.69) is 5.32 Å². The fourth-order valence-electron chi connectivity index (χ4n) is 2.89. The average Bonchev–Trinajstić information content (AvgIpc) is 2.92. The number of amides is 2. The minimum atomic E-state index is -0.688. The Hall–Kier alpha value is -3.32. The molecule has 0 saturated heterocycles. The second-order valence-corrected chi connectivity index (χ2v) is 7.07. The number of benzene rings is 2. The van der Waals surface area contributed by atoms with E-state index in [-0.39, 0.29) is 28.1 Å². The topological polar surface area (TPSA) is 84.9 Å². The molecule has 2 aromatic carbocycles. The van der Waals surface area contributed by atoms with Gasteiger partial charge in [-0.15, -0.1) is 0 Å². The molecule has 1 N–H and O–H groups in total. The normalized spacial score (nSPS) is 13.8. The molecular weight excluding hydrogens is 408 g/mol. The summed E-state index contributed by atoms with van der Waals surface area (Å²) in [5.74, 6) is -1.35. The molecule has 0 fully saturated rings. The van der Waals surface area contributed by atoms with E-state index >= 15 is 0 Å². The van der Waals surface area contributed by atoms with Gasteiger partial charge in [0.1, 0.15) is 16.5 Å². The lowest BCUT2D eigenvalue weighted by atomic mass is 10.2. The molecule has 2 amide bonds. The highest BCUT2D eigenvalue weighted by Crippen LogP contribution is 2.33. The lowest BCUT2D eigenvalue weighted by Crippen LogP contribution is -2.32. The summed E-state index contributed by atoms with van der Waals surface area (Å²) in [5, 5.41) is 2.66. The number of hydrogen-bond acceptors (Lipinski definition) is 6. The second kappa shape index (κ2) is 9.00. The maximum absolute atomic E-state index is 13.0. The number of esters is 1. The van der Waals surface area contributed by atoms with Crippen LogP contribution in [0.4, 0.5) is 11.4 Å². The Kier molecular flexibility index (Phi) is 6.42. The number of hydrogen-bond donors (Lipinski definition) is 1. The quantitative estimate of drug-likeness (QED) is 0.528. The van der Waals surface area contributed by atoms with Crippen molar-refractivity contribution in [3.05, 3.63) is 64.8 Å². The Bertz CT molecular complexity index is 1030. The Morgan fingerprint density at radius 1 is 1.10 bits per heavy atom. The molecule has 0 atom stereocenters. The van der Waals surface area contributed by atoms with Gasteiger partial charge < -0.3 is 14.8 Å². The van der Waals surface area contributed by atoms with Crippen LogP contribution < -0.4 is 15.0 Å². The number of nitrogens with zero attached hydrogens (tertiary/aromatic N) is 1. The van der Waals surface area contributed by atoms with Crippen molar-refractivity contribution in [3.63, 3.8) is 0 Å². The monoisotopic (exact) mass is 428 g/mol. The van der Waals surface area contributed by atoms with E-state index < -0.39 is 17.8 Å². The van der Waals surface area contributed by atoms with Crippen LogP contribution >= 0.6 is 11.6 Å². The molecule has 0 bridgehead atoms. The van der Waals surface area contributed by atoms with E-state index in [4.69, 9.17) is 21.1 Å². The first-order valence-electron chi connectivity index (χ1n) is 9.42. The van der Waals surface area contributed by atoms with Gasteiger partial charge in [-0.25, -0.2) is 9.69 Å². The van der Waals surface area contributed by atoms with Crippen molar-refractivity contribution in [2.24, 2.45) is 0 Å². The molecule has 0 aromatic heterocycles. The molecule has 8 heteroatoms. The summed E-state index contributed by atoms with van der Waals surface area (Å²) in [6.45, 7) is 5.74. The summed E-state index contributed by atoms with van der Waals surface area (Å²) in [7, 11) is 0. The predicted molar refractivity (Wildman–Crippen MR) is 114 cm³/mol. The maximum Gasteiger partial charge on any atom is 0.338 e. The van der Waals surface area contributed by atoms with Crippen LogP contribution in [-0.2, 0) is 14.3 Å². The highest BCUT2D eigenvalue weighted by atomic mass is 35.5. The molecule has 156 valence electrons. The van der Waals surface area contributed by atoms with Gasteiger partial charge in [-0.05, 0) is 51.1 Å². The van der Waals surface area contributed by atoms with Gasteiger partial charge in [0, 0.05) is 0 Å². The van der Waals surface area contributed by atoms with Gasteiger partial charge in [-0.3, -0.25) is 9.59 Å². The standard InChI is InChI=1S/C22H21ClN2O5/c1-4-29-17-11-6-5-10-16(17)24-19-18(23)20(26)25(21(19)27)15-9-7-8-14(12-15)22(28)30-13(2)3/h5-13,24H,4H2,1-3H3. The number of carbonyl (C=O) groups is 3. The van der Waals surface area contributed by atoms with Crippen molar-refractivity contribution < 1.29 is 23.9 Å². The third-order valence-corrected chi connectivity index (χ3v) is 4.51. The molecule has 0 spiro atoms. The molecule has 0 unspecified atom stereocenters. The van der Waals surface area contributed by atoms with E-state index in [1.165, 1.54) is 6.07 Å². The van der Waals surface area contributed by atoms with Crippen molar-refractivity contribution >= 4 is 40.8 Å². The minimum absolute atomic E-state index is 0.0658. The van der Waals surface area contributed by atoms with E-state index in [0.29, 0.717) is 18.0 Å². The minimum Gasteiger partial charge on any atom is -0.492 e. The first kappa shape index (κ1) is 21.4. The highest BCUT2D eigenvalue weighted by Gasteiger charge is 2.39. The van der Waals surface area contributed by atoms with Crippen LogP contribution in [0.5, 0.6) is 5.75 Å². The van der Waals surface area contributed by atoms with Crippen LogP contribution in [0, 0.1) is 0 Å². The molecule has 1 aliphatic rings. The third kappa shape index (κ3) is 4.31. The highest BCUT2D eigenvalue weighted by molar-refractivity contribution is 6.53. The van der Waals surface area contributed by atoms with E-state index in [1.54, 1.807) is 56.3 Å². The van der Waals surface area contributed by atoms with Crippen molar-refractivity contribution in [2.75, 3.05) is 16.8 Å². The fourth-order valence-corrected chi connectivity index (χ4v) is 3.10. The van der Waals surface area contributed by atoms with Crippen molar-refractivity contribution in [1.82, 2.24) is 0 Å². The van der Waals surface area contributed by atoms with Crippen molar-refractivity contribution in [1.29, 1.82) is 0 Å². The number of carbonyl (C=O) groups excluding carboxylic acids is 3. The predicted octanol–water partition coefficient (Wildman–Crippen LogP) is 4.09. The van der Waals surface area contributed by atoms with Gasteiger partial charge in [0.2, 0.25) is 0 Å². The summed E-state index contributed by atoms with van der Waals surface area (Å²) in [5.41, 5.74) is 0.881. The number of halogens is 1. The maximum atomic E-state index is 13.0. The lowest BCUT2D eigenvalue weighted by molar-refractivity contribution is -0.120. The molecular formula is C22H21ClN2O5. The van der Waals surface area contributed by atoms with E-state index in [1.807, 2.05) is 6.92 Å². The molecule has 7 nitrogen and oxygen atoms in total. The molecule has 0 saturated carbocycles. The smallest absolute Gasteiger partial charge is 0.338 e. The van der Waals surface area contributed by atoms with Crippen LogP contribution in [0.25, 0.3) is 0 Å². The van der Waals surface area contributed by atoms with Crippen LogP contribution in [0.1, 0.15) is 31.1 Å². The number of nitrogens with one attached hydrogen (secondary N) is 1. The summed E-state index contributed by atoms with van der Waals surface area (Å²) in [4.78, 5) is 38.8. The fraction of sp³-hybridized carbons (Fsp3) is 0.227. The Morgan fingerprint density at radius 3 is 2.53 bits per heavy atom. The first-order valence-corrected chi connectivity index (χ1v) is 9.79. The van der Waals surface area contributed by atoms with Crippen LogP contribution in [-0.4, -0.2) is 30.5 Å². The zero-order chi connectivity index (χ0) is 21.8. The van der Waals surface area contributed by atoms with Gasteiger partial charge in [0.25, 0.3) is 11.8 Å². The van der Waals surface area contributed by atoms with Gasteiger partial charge in [-0.1, -0.05) is 29.8 Å². The molecule has 2 aromatic rings. The lowest BCUT2D eigenvalue weighted by Gasteiger charge is -2.17. The Labute approximate surface area is 179 Å². The number of para-hydroxylation sites is 2. The molecule has 0 radical (unpaired) electrons. The van der Waals surface area contributed by atoms with E-state index in [0.717, 1.165) is 4.90 Å². The molecule has 1 heterocycles. The average molecular weight is 429 g/mol. The number of anilines is 2. The zero-order valence-corrected chi connectivity index (χ0v) is 17.5. The number of imide groups is 1. The number of rotatable bonds is 7.